The molecule has 0 spiro atoms. The first-order valence-corrected chi connectivity index (χ1v) is 3.07. The molecule has 1 aromatic rings. The van der Waals surface area contributed by atoms with Crippen LogP contribution in [-0.4, -0.2) is 28.0 Å². The molecule has 1 N–H and O–H groups in total. The fourth-order valence-corrected chi connectivity index (χ4v) is 0.680. The number of nitrogens with zero attached hydrogens (tertiary/aromatic N) is 3. The number of carboxylic acid groups (broad SMARTS) is 1. The van der Waals surface area contributed by atoms with Crippen LogP contribution in [0.1, 0.15) is 0 Å². The van der Waals surface area contributed by atoms with Crippen LogP contribution in [0, 0.1) is 0 Å². The molecule has 0 radical (unpaired) electrons. The Hall–Kier alpha value is -1.52. The molecule has 0 fully saturated rings. The highest BCUT2D eigenvalue weighted by molar-refractivity contribution is 5.83. The predicted octanol–water partition coefficient (Wildman–Crippen LogP) is 0.534. The van der Waals surface area contributed by atoms with Crippen LogP contribution in [0.25, 0.3) is 0 Å². The van der Waals surface area contributed by atoms with E-state index in [0.29, 0.717) is 5.82 Å². The van der Waals surface area contributed by atoms with E-state index in [0.717, 1.165) is 4.90 Å². The normalized spacial score (nSPS) is 9.64. The molecule has 0 bridgehead atoms. The average Bonchev–Trinajstić information content (AvgIpc) is 2.34. The molecule has 1 heterocycles. The minimum absolute atomic E-state index is 0.431. The van der Waals surface area contributed by atoms with E-state index in [-0.39, 0.29) is 0 Å². The van der Waals surface area contributed by atoms with Crippen molar-refractivity contribution in [1.29, 1.82) is 0 Å². The third-order valence-corrected chi connectivity index (χ3v) is 1.33. The Kier molecular flexibility index (Phi) is 1.80. The van der Waals surface area contributed by atoms with E-state index in [1.54, 1.807) is 24.0 Å². The van der Waals surface area contributed by atoms with Gasteiger partial charge in [0.15, 0.2) is 5.82 Å². The molecule has 5 nitrogen and oxygen atoms in total. The summed E-state index contributed by atoms with van der Waals surface area (Å²) in [6.07, 6.45) is 0.679. The van der Waals surface area contributed by atoms with Gasteiger partial charge in [0, 0.05) is 26.4 Å². The Morgan fingerprint density at radius 1 is 1.82 bits per heavy atom. The number of anilines is 1. The largest absolute Gasteiger partial charge is 0.465 e. The van der Waals surface area contributed by atoms with Gasteiger partial charge in [0.05, 0.1) is 0 Å². The molecular formula is C6H9N3O2. The third-order valence-electron chi connectivity index (χ3n) is 1.33. The van der Waals surface area contributed by atoms with E-state index in [1.165, 1.54) is 7.05 Å². The van der Waals surface area contributed by atoms with Crippen molar-refractivity contribution in [3.63, 3.8) is 0 Å². The molecule has 0 aliphatic carbocycles. The number of aryl methyl sites for hydroxylation is 1. The van der Waals surface area contributed by atoms with Gasteiger partial charge in [-0.15, -0.1) is 0 Å². The summed E-state index contributed by atoms with van der Waals surface area (Å²) in [7, 11) is 3.18. The van der Waals surface area contributed by atoms with Gasteiger partial charge in [-0.25, -0.2) is 4.79 Å². The Bertz CT molecular complexity index is 269. The summed E-state index contributed by atoms with van der Waals surface area (Å²) in [5.41, 5.74) is 0. The second kappa shape index (κ2) is 2.61. The van der Waals surface area contributed by atoms with E-state index >= 15 is 0 Å². The first-order chi connectivity index (χ1) is 5.11. The number of amides is 1. The first-order valence-electron chi connectivity index (χ1n) is 3.07. The topological polar surface area (TPSA) is 58.4 Å². The highest BCUT2D eigenvalue weighted by Gasteiger charge is 2.09. The van der Waals surface area contributed by atoms with Gasteiger partial charge in [-0.2, -0.15) is 5.10 Å². The molecule has 1 rings (SSSR count). The van der Waals surface area contributed by atoms with E-state index in [4.69, 9.17) is 5.11 Å². The van der Waals surface area contributed by atoms with Crippen LogP contribution in [-0.2, 0) is 7.05 Å². The van der Waals surface area contributed by atoms with E-state index in [2.05, 4.69) is 5.10 Å². The number of rotatable bonds is 1. The van der Waals surface area contributed by atoms with Gasteiger partial charge >= 0.3 is 6.09 Å². The molecular weight excluding hydrogens is 146 g/mol. The lowest BCUT2D eigenvalue weighted by molar-refractivity contribution is 0.203. The molecule has 5 heteroatoms. The van der Waals surface area contributed by atoms with Crippen LogP contribution in [0.4, 0.5) is 10.6 Å². The van der Waals surface area contributed by atoms with Crippen molar-refractivity contribution in [3.8, 4) is 0 Å². The zero-order valence-electron chi connectivity index (χ0n) is 6.35. The zero-order chi connectivity index (χ0) is 8.43. The Labute approximate surface area is 63.8 Å². The minimum Gasteiger partial charge on any atom is -0.465 e. The Morgan fingerprint density at radius 2 is 2.45 bits per heavy atom. The summed E-state index contributed by atoms with van der Waals surface area (Å²) in [5.74, 6) is 0.431. The van der Waals surface area contributed by atoms with Gasteiger partial charge in [0.2, 0.25) is 0 Å². The maximum atomic E-state index is 10.4. The van der Waals surface area contributed by atoms with Gasteiger partial charge < -0.3 is 5.11 Å². The van der Waals surface area contributed by atoms with Crippen LogP contribution in [0.15, 0.2) is 12.3 Å². The summed E-state index contributed by atoms with van der Waals surface area (Å²) in [4.78, 5) is 11.4. The quantitative estimate of drug-likeness (QED) is 0.643. The minimum atomic E-state index is -1.01. The lowest BCUT2D eigenvalue weighted by atomic mass is 10.6. The maximum Gasteiger partial charge on any atom is 0.412 e. The van der Waals surface area contributed by atoms with E-state index in [1.807, 2.05) is 0 Å². The van der Waals surface area contributed by atoms with Crippen molar-refractivity contribution in [2.45, 2.75) is 0 Å². The van der Waals surface area contributed by atoms with Crippen LogP contribution < -0.4 is 4.90 Å². The summed E-state index contributed by atoms with van der Waals surface area (Å²) < 4.78 is 1.55. The standard InChI is InChI=1S/C6H9N3O2/c1-8-4-3-5(7-8)9(2)6(10)11/h3-4H,1-2H3,(H,10,11). The molecule has 11 heavy (non-hydrogen) atoms. The highest BCUT2D eigenvalue weighted by atomic mass is 16.4. The molecule has 0 aliphatic rings. The van der Waals surface area contributed by atoms with Gasteiger partial charge in [-0.3, -0.25) is 9.58 Å². The third kappa shape index (κ3) is 1.49. The highest BCUT2D eigenvalue weighted by Crippen LogP contribution is 2.06. The molecule has 1 aromatic heterocycles. The van der Waals surface area contributed by atoms with Crippen LogP contribution in [0.2, 0.25) is 0 Å². The van der Waals surface area contributed by atoms with Gasteiger partial charge in [0.25, 0.3) is 0 Å². The SMILES string of the molecule is CN(C(=O)O)c1ccn(C)n1. The number of hydrogen-bond donors (Lipinski definition) is 1. The molecule has 0 atom stereocenters. The first kappa shape index (κ1) is 7.59. The summed E-state index contributed by atoms with van der Waals surface area (Å²) in [6.45, 7) is 0. The molecule has 1 amide bonds. The second-order valence-corrected chi connectivity index (χ2v) is 2.19. The van der Waals surface area contributed by atoms with Crippen LogP contribution in [0.5, 0.6) is 0 Å². The van der Waals surface area contributed by atoms with Gasteiger partial charge in [0.1, 0.15) is 0 Å². The fraction of sp³-hybridized carbons (Fsp3) is 0.333. The van der Waals surface area contributed by atoms with Crippen LogP contribution in [0.3, 0.4) is 0 Å². The smallest absolute Gasteiger partial charge is 0.412 e. The molecule has 0 saturated carbocycles. The van der Waals surface area contributed by atoms with Crippen molar-refractivity contribution in [1.82, 2.24) is 9.78 Å². The predicted molar refractivity (Wildman–Crippen MR) is 39.6 cm³/mol. The van der Waals surface area contributed by atoms with Crippen molar-refractivity contribution in [2.24, 2.45) is 7.05 Å². The van der Waals surface area contributed by atoms with Crippen LogP contribution >= 0.6 is 0 Å². The second-order valence-electron chi connectivity index (χ2n) is 2.19. The van der Waals surface area contributed by atoms with Crippen molar-refractivity contribution in [2.75, 3.05) is 11.9 Å². The number of carbonyl (C=O) groups is 1. The number of hydrogen-bond acceptors (Lipinski definition) is 2. The zero-order valence-corrected chi connectivity index (χ0v) is 6.35. The van der Waals surface area contributed by atoms with Crippen molar-refractivity contribution < 1.29 is 9.90 Å². The summed E-state index contributed by atoms with van der Waals surface area (Å²) in [5, 5.41) is 12.4. The molecule has 0 aliphatic heterocycles. The lowest BCUT2D eigenvalue weighted by Gasteiger charge is -2.07. The average molecular weight is 155 g/mol. The molecule has 0 unspecified atom stereocenters. The lowest BCUT2D eigenvalue weighted by Crippen LogP contribution is -2.24. The molecule has 0 aromatic carbocycles. The monoisotopic (exact) mass is 155 g/mol. The fourth-order valence-electron chi connectivity index (χ4n) is 0.680. The Balaban J connectivity index is 2.84. The van der Waals surface area contributed by atoms with Crippen molar-refractivity contribution in [3.05, 3.63) is 12.3 Å². The number of aromatic nitrogens is 2. The van der Waals surface area contributed by atoms with Gasteiger partial charge in [-0.1, -0.05) is 0 Å². The maximum absolute atomic E-state index is 10.4. The summed E-state index contributed by atoms with van der Waals surface area (Å²) >= 11 is 0. The van der Waals surface area contributed by atoms with Crippen molar-refractivity contribution >= 4 is 11.9 Å². The molecule has 0 saturated heterocycles. The summed E-state index contributed by atoms with van der Waals surface area (Å²) in [6, 6.07) is 1.63. The molecule has 60 valence electrons. The van der Waals surface area contributed by atoms with Gasteiger partial charge in [-0.05, 0) is 0 Å². The van der Waals surface area contributed by atoms with E-state index in [9.17, 15) is 4.79 Å². The van der Waals surface area contributed by atoms with E-state index < -0.39 is 6.09 Å². The Morgan fingerprint density at radius 3 is 2.82 bits per heavy atom.